The number of guanidine groups is 1. The van der Waals surface area contributed by atoms with Gasteiger partial charge in [0.1, 0.15) is 0 Å². The Labute approximate surface area is 173 Å². The average molecular weight is 477 g/mol. The molecule has 3 heterocycles. The van der Waals surface area contributed by atoms with Crippen LogP contribution in [0.15, 0.2) is 10.4 Å². The van der Waals surface area contributed by atoms with Gasteiger partial charge < -0.3 is 10.2 Å². The minimum Gasteiger partial charge on any atom is -0.357 e. The van der Waals surface area contributed by atoms with Gasteiger partial charge in [-0.15, -0.1) is 35.3 Å². The second kappa shape index (κ2) is 10.7. The lowest BCUT2D eigenvalue weighted by atomic mass is 9.97. The zero-order valence-electron chi connectivity index (χ0n) is 15.5. The topological polar surface area (TPSA) is 43.8 Å². The Hall–Kier alpha value is -0.410. The molecule has 2 fully saturated rings. The van der Waals surface area contributed by atoms with Crippen molar-refractivity contribution in [3.05, 3.63) is 16.1 Å². The molecule has 3 rings (SSSR count). The van der Waals surface area contributed by atoms with Crippen molar-refractivity contribution in [2.45, 2.75) is 46.1 Å². The molecule has 142 valence electrons. The Kier molecular flexibility index (Phi) is 8.92. The van der Waals surface area contributed by atoms with E-state index in [4.69, 9.17) is 4.99 Å². The Bertz CT molecular complexity index is 533. The fourth-order valence-corrected chi connectivity index (χ4v) is 4.21. The van der Waals surface area contributed by atoms with Gasteiger partial charge in [0.2, 0.25) is 0 Å². The third-order valence-corrected chi connectivity index (χ3v) is 5.82. The maximum absolute atomic E-state index is 4.93. The number of aliphatic imine (C=N–C) groups is 1. The number of nitrogens with one attached hydrogen (secondary N) is 1. The van der Waals surface area contributed by atoms with Gasteiger partial charge in [-0.25, -0.2) is 4.98 Å². The van der Waals surface area contributed by atoms with Gasteiger partial charge in [0.05, 0.1) is 10.7 Å². The Morgan fingerprint density at radius 3 is 2.60 bits per heavy atom. The van der Waals surface area contributed by atoms with Crippen molar-refractivity contribution >= 4 is 41.3 Å². The van der Waals surface area contributed by atoms with Crippen molar-refractivity contribution < 1.29 is 0 Å². The lowest BCUT2D eigenvalue weighted by Crippen LogP contribution is -2.40. The van der Waals surface area contributed by atoms with Gasteiger partial charge in [0, 0.05) is 38.1 Å². The quantitative estimate of drug-likeness (QED) is 0.402. The van der Waals surface area contributed by atoms with Gasteiger partial charge in [-0.05, 0) is 58.5 Å². The van der Waals surface area contributed by atoms with Crippen molar-refractivity contribution in [3.8, 4) is 0 Å². The summed E-state index contributed by atoms with van der Waals surface area (Å²) in [5.74, 6) is 1.87. The van der Waals surface area contributed by atoms with Crippen LogP contribution in [0.3, 0.4) is 0 Å². The lowest BCUT2D eigenvalue weighted by molar-refractivity contribution is 0.179. The molecule has 5 nitrogen and oxygen atoms in total. The van der Waals surface area contributed by atoms with Gasteiger partial charge in [-0.3, -0.25) is 9.89 Å². The first kappa shape index (κ1) is 20.9. The average Bonchev–Trinajstić information content (AvgIpc) is 3.25. The van der Waals surface area contributed by atoms with E-state index in [0.717, 1.165) is 44.6 Å². The van der Waals surface area contributed by atoms with Gasteiger partial charge in [-0.1, -0.05) is 0 Å². The normalized spacial score (nSPS) is 19.9. The molecule has 0 unspecified atom stereocenters. The zero-order chi connectivity index (χ0) is 16.8. The molecule has 0 amide bonds. The van der Waals surface area contributed by atoms with Crippen LogP contribution in [-0.4, -0.2) is 60.0 Å². The third-order valence-electron chi connectivity index (χ3n) is 5.00. The van der Waals surface area contributed by atoms with Crippen LogP contribution in [0.5, 0.6) is 0 Å². The number of halogens is 1. The lowest BCUT2D eigenvalue weighted by Gasteiger charge is -2.31. The maximum Gasteiger partial charge on any atom is 0.193 e. The highest BCUT2D eigenvalue weighted by atomic mass is 127. The van der Waals surface area contributed by atoms with E-state index in [1.54, 1.807) is 11.3 Å². The van der Waals surface area contributed by atoms with Crippen LogP contribution in [-0.2, 0) is 6.54 Å². The first-order valence-electron chi connectivity index (χ1n) is 9.41. The highest BCUT2D eigenvalue weighted by molar-refractivity contribution is 14.0. The number of thiazole rings is 1. The summed E-state index contributed by atoms with van der Waals surface area (Å²) in [5.41, 5.74) is 1.23. The van der Waals surface area contributed by atoms with Crippen LogP contribution in [0, 0.1) is 12.8 Å². The summed E-state index contributed by atoms with van der Waals surface area (Å²) in [6.45, 7) is 11.9. The smallest absolute Gasteiger partial charge is 0.193 e. The number of rotatable bonds is 5. The molecule has 1 aromatic rings. The molecular formula is C18H32IN5S. The highest BCUT2D eigenvalue weighted by Crippen LogP contribution is 2.20. The highest BCUT2D eigenvalue weighted by Gasteiger charge is 2.21. The molecule has 0 atom stereocenters. The Morgan fingerprint density at radius 2 is 2.00 bits per heavy atom. The molecule has 2 saturated heterocycles. The number of nitrogens with zero attached hydrogens (tertiary/aromatic N) is 4. The number of hydrogen-bond donors (Lipinski definition) is 1. The largest absolute Gasteiger partial charge is 0.357 e. The number of likely N-dealkylation sites (tertiary alicyclic amines) is 2. The number of hydrogen-bond acceptors (Lipinski definition) is 4. The van der Waals surface area contributed by atoms with Crippen molar-refractivity contribution in [2.75, 3.05) is 39.3 Å². The molecule has 0 spiro atoms. The molecule has 2 aliphatic heterocycles. The van der Waals surface area contributed by atoms with E-state index >= 15 is 0 Å². The first-order chi connectivity index (χ1) is 11.7. The Balaban J connectivity index is 0.00000225. The molecular weight excluding hydrogens is 445 g/mol. The molecule has 25 heavy (non-hydrogen) atoms. The van der Waals surface area contributed by atoms with E-state index < -0.39 is 0 Å². The molecule has 1 aromatic heterocycles. The van der Waals surface area contributed by atoms with E-state index in [1.165, 1.54) is 49.5 Å². The monoisotopic (exact) mass is 477 g/mol. The summed E-state index contributed by atoms with van der Waals surface area (Å²) in [6, 6.07) is 0. The molecule has 0 saturated carbocycles. The second-order valence-electron chi connectivity index (χ2n) is 6.97. The van der Waals surface area contributed by atoms with Crippen molar-refractivity contribution in [1.29, 1.82) is 0 Å². The minimum atomic E-state index is 0. The number of piperidine rings is 1. The van der Waals surface area contributed by atoms with Crippen LogP contribution < -0.4 is 5.32 Å². The fourth-order valence-electron chi connectivity index (χ4n) is 3.61. The van der Waals surface area contributed by atoms with Crippen molar-refractivity contribution in [1.82, 2.24) is 20.1 Å². The summed E-state index contributed by atoms with van der Waals surface area (Å²) < 4.78 is 0. The standard InChI is InChI=1S/C18H31N5S.HI/c1-3-19-18(23-8-4-5-9-23)20-12-16-6-10-22(11-7-16)13-17-14-24-15(2)21-17;/h14,16H,3-13H2,1-2H3,(H,19,20);1H. The molecule has 1 N–H and O–H groups in total. The summed E-state index contributed by atoms with van der Waals surface area (Å²) in [7, 11) is 0. The van der Waals surface area contributed by atoms with Crippen molar-refractivity contribution in [3.63, 3.8) is 0 Å². The van der Waals surface area contributed by atoms with E-state index in [0.29, 0.717) is 0 Å². The molecule has 0 aromatic carbocycles. The molecule has 0 aliphatic carbocycles. The fraction of sp³-hybridized carbons (Fsp3) is 0.778. The van der Waals surface area contributed by atoms with Crippen LogP contribution in [0.25, 0.3) is 0 Å². The summed E-state index contributed by atoms with van der Waals surface area (Å²) in [5, 5.41) is 6.84. The third kappa shape index (κ3) is 6.36. The molecule has 7 heteroatoms. The maximum atomic E-state index is 4.93. The van der Waals surface area contributed by atoms with Crippen LogP contribution in [0.4, 0.5) is 0 Å². The minimum absolute atomic E-state index is 0. The van der Waals surface area contributed by atoms with Crippen LogP contribution in [0.1, 0.15) is 43.3 Å². The van der Waals surface area contributed by atoms with Crippen molar-refractivity contribution in [2.24, 2.45) is 10.9 Å². The predicted molar refractivity (Wildman–Crippen MR) is 117 cm³/mol. The summed E-state index contributed by atoms with van der Waals surface area (Å²) in [6.07, 6.45) is 5.12. The van der Waals surface area contributed by atoms with E-state index in [2.05, 4.69) is 39.3 Å². The molecule has 2 aliphatic rings. The van der Waals surface area contributed by atoms with Gasteiger partial charge in [0.15, 0.2) is 5.96 Å². The summed E-state index contributed by atoms with van der Waals surface area (Å²) in [4.78, 5) is 14.5. The number of aryl methyl sites for hydroxylation is 1. The number of aromatic nitrogens is 1. The van der Waals surface area contributed by atoms with E-state index in [-0.39, 0.29) is 24.0 Å². The SMILES string of the molecule is CCNC(=NCC1CCN(Cc2csc(C)n2)CC1)N1CCCC1.I. The zero-order valence-corrected chi connectivity index (χ0v) is 18.7. The van der Waals surface area contributed by atoms with Gasteiger partial charge in [-0.2, -0.15) is 0 Å². The van der Waals surface area contributed by atoms with Crippen LogP contribution >= 0.6 is 35.3 Å². The van der Waals surface area contributed by atoms with Gasteiger partial charge in [0.25, 0.3) is 0 Å². The van der Waals surface area contributed by atoms with Crippen LogP contribution in [0.2, 0.25) is 0 Å². The predicted octanol–water partition coefficient (Wildman–Crippen LogP) is 3.34. The van der Waals surface area contributed by atoms with E-state index in [9.17, 15) is 0 Å². The Morgan fingerprint density at radius 1 is 1.28 bits per heavy atom. The first-order valence-corrected chi connectivity index (χ1v) is 10.3. The molecule has 0 bridgehead atoms. The summed E-state index contributed by atoms with van der Waals surface area (Å²) >= 11 is 1.75. The second-order valence-corrected chi connectivity index (χ2v) is 8.03. The molecule has 0 radical (unpaired) electrons. The van der Waals surface area contributed by atoms with Gasteiger partial charge >= 0.3 is 0 Å². The van der Waals surface area contributed by atoms with E-state index in [1.807, 2.05) is 0 Å².